The van der Waals surface area contributed by atoms with Gasteiger partial charge in [-0.05, 0) is 56.2 Å². The third-order valence-electron chi connectivity index (χ3n) is 7.83. The Kier molecular flexibility index (Phi) is 7.84. The summed E-state index contributed by atoms with van der Waals surface area (Å²) in [5.41, 5.74) is 1.45. The highest BCUT2D eigenvalue weighted by molar-refractivity contribution is 9.09. The molecule has 4 rings (SSSR count). The lowest BCUT2D eigenvalue weighted by atomic mass is 9.70. The van der Waals surface area contributed by atoms with Crippen molar-refractivity contribution in [2.24, 2.45) is 17.8 Å². The van der Waals surface area contributed by atoms with Gasteiger partial charge in [0.05, 0.1) is 30.6 Å². The second-order valence-electron chi connectivity index (χ2n) is 11.0. The number of hydrogen-bond acceptors (Lipinski definition) is 5. The summed E-state index contributed by atoms with van der Waals surface area (Å²) in [5.74, 6) is -2.12. The highest BCUT2D eigenvalue weighted by Crippen LogP contribution is 2.60. The maximum atomic E-state index is 14.1. The fourth-order valence-corrected chi connectivity index (χ4v) is 7.26. The number of halogens is 1. The summed E-state index contributed by atoms with van der Waals surface area (Å²) in [6.07, 6.45) is 1.25. The van der Waals surface area contributed by atoms with E-state index >= 15 is 0 Å². The SMILES string of the molecule is CCCNC(=O)[C@H]1[C@H]2C(=O)N([C@@H](CO)CC(C)C)C(C(=O)Nc3cc(C)ccc3C)C23CC(Br)[C@@H]1O3. The molecule has 1 spiro atoms. The third-order valence-corrected chi connectivity index (χ3v) is 8.67. The largest absolute Gasteiger partial charge is 0.394 e. The van der Waals surface area contributed by atoms with Crippen molar-refractivity contribution in [3.05, 3.63) is 29.3 Å². The minimum atomic E-state index is -1.14. The van der Waals surface area contributed by atoms with Gasteiger partial charge in [-0.15, -0.1) is 0 Å². The summed E-state index contributed by atoms with van der Waals surface area (Å²) < 4.78 is 6.52. The third kappa shape index (κ3) is 4.47. The Morgan fingerprint density at radius 1 is 1.28 bits per heavy atom. The van der Waals surface area contributed by atoms with Crippen molar-refractivity contribution in [2.75, 3.05) is 18.5 Å². The lowest BCUT2D eigenvalue weighted by molar-refractivity contribution is -0.144. The van der Waals surface area contributed by atoms with Gasteiger partial charge in [0, 0.05) is 17.1 Å². The van der Waals surface area contributed by atoms with Crippen LogP contribution in [0, 0.1) is 31.6 Å². The molecule has 198 valence electrons. The monoisotopic (exact) mass is 563 g/mol. The number of carbonyl (C=O) groups excluding carboxylic acids is 3. The molecule has 0 aromatic heterocycles. The first-order valence-electron chi connectivity index (χ1n) is 13.0. The number of aliphatic hydroxyl groups is 1. The second kappa shape index (κ2) is 10.4. The minimum absolute atomic E-state index is 0.160. The van der Waals surface area contributed by atoms with Crippen molar-refractivity contribution >= 4 is 39.3 Å². The molecular formula is C27H38BrN3O5. The molecule has 9 heteroatoms. The van der Waals surface area contributed by atoms with E-state index in [2.05, 4.69) is 26.6 Å². The molecule has 3 fully saturated rings. The number of benzene rings is 1. The van der Waals surface area contributed by atoms with Gasteiger partial charge in [0.25, 0.3) is 0 Å². The Balaban J connectivity index is 1.77. The van der Waals surface area contributed by atoms with Crippen LogP contribution in [0.3, 0.4) is 0 Å². The molecule has 7 atom stereocenters. The number of amides is 3. The normalized spacial score (nSPS) is 31.6. The molecule has 1 aromatic rings. The number of likely N-dealkylation sites (tertiary alicyclic amines) is 1. The molecule has 2 bridgehead atoms. The zero-order chi connectivity index (χ0) is 26.4. The van der Waals surface area contributed by atoms with Crippen LogP contribution in [0.15, 0.2) is 18.2 Å². The Morgan fingerprint density at radius 3 is 2.64 bits per heavy atom. The van der Waals surface area contributed by atoms with Crippen LogP contribution in [-0.2, 0) is 19.1 Å². The Bertz CT molecular complexity index is 1030. The number of aryl methyl sites for hydroxylation is 2. The van der Waals surface area contributed by atoms with E-state index in [0.29, 0.717) is 25.1 Å². The number of hydrogen-bond donors (Lipinski definition) is 3. The molecule has 3 N–H and O–H groups in total. The van der Waals surface area contributed by atoms with Crippen LogP contribution in [-0.4, -0.2) is 69.5 Å². The topological polar surface area (TPSA) is 108 Å². The van der Waals surface area contributed by atoms with Crippen molar-refractivity contribution in [1.82, 2.24) is 10.2 Å². The highest BCUT2D eigenvalue weighted by atomic mass is 79.9. The van der Waals surface area contributed by atoms with E-state index in [1.54, 1.807) is 0 Å². The fraction of sp³-hybridized carbons (Fsp3) is 0.667. The van der Waals surface area contributed by atoms with Gasteiger partial charge in [0.2, 0.25) is 17.7 Å². The molecule has 3 unspecified atom stereocenters. The summed E-state index contributed by atoms with van der Waals surface area (Å²) in [6, 6.07) is 4.32. The van der Waals surface area contributed by atoms with Crippen LogP contribution < -0.4 is 10.6 Å². The van der Waals surface area contributed by atoms with E-state index < -0.39 is 35.6 Å². The first-order valence-corrected chi connectivity index (χ1v) is 13.9. The predicted molar refractivity (Wildman–Crippen MR) is 141 cm³/mol. The van der Waals surface area contributed by atoms with Gasteiger partial charge < -0.3 is 25.4 Å². The van der Waals surface area contributed by atoms with Crippen molar-refractivity contribution < 1.29 is 24.2 Å². The van der Waals surface area contributed by atoms with Crippen LogP contribution in [0.5, 0.6) is 0 Å². The van der Waals surface area contributed by atoms with E-state index in [0.717, 1.165) is 17.5 Å². The first-order chi connectivity index (χ1) is 17.0. The lowest BCUT2D eigenvalue weighted by Gasteiger charge is -2.37. The van der Waals surface area contributed by atoms with Crippen molar-refractivity contribution in [2.45, 2.75) is 82.5 Å². The number of nitrogens with zero attached hydrogens (tertiary/aromatic N) is 1. The molecule has 3 heterocycles. The standard InChI is InChI=1S/C27H38BrN3O5/c1-6-9-29-24(33)20-21-26(35)31(17(13-32)10-14(2)3)23(27(21)12-18(28)22(20)36-27)25(34)30-19-11-15(4)7-8-16(19)5/h7-8,11,14,17-18,20-23,32H,6,9-10,12-13H2,1-5H3,(H,29,33)(H,30,34)/t17-,18?,20+,21+,22+,23?,27?/m1/s1. The molecule has 36 heavy (non-hydrogen) atoms. The number of rotatable bonds is 9. The number of nitrogens with one attached hydrogen (secondary N) is 2. The molecule has 0 radical (unpaired) electrons. The molecule has 3 aliphatic heterocycles. The molecule has 3 amide bonds. The van der Waals surface area contributed by atoms with Crippen LogP contribution in [0.25, 0.3) is 0 Å². The summed E-state index contributed by atoms with van der Waals surface area (Å²) >= 11 is 3.69. The number of ether oxygens (including phenoxy) is 1. The predicted octanol–water partition coefficient (Wildman–Crippen LogP) is 2.92. The Morgan fingerprint density at radius 2 is 2.00 bits per heavy atom. The van der Waals surface area contributed by atoms with E-state index in [-0.39, 0.29) is 35.1 Å². The van der Waals surface area contributed by atoms with Gasteiger partial charge in [-0.3, -0.25) is 14.4 Å². The summed E-state index contributed by atoms with van der Waals surface area (Å²) in [5, 5.41) is 16.3. The lowest BCUT2D eigenvalue weighted by Crippen LogP contribution is -2.57. The molecule has 0 saturated carbocycles. The van der Waals surface area contributed by atoms with Crippen molar-refractivity contribution in [3.63, 3.8) is 0 Å². The zero-order valence-electron chi connectivity index (χ0n) is 21.7. The van der Waals surface area contributed by atoms with Gasteiger partial charge in [-0.2, -0.15) is 0 Å². The van der Waals surface area contributed by atoms with Gasteiger partial charge >= 0.3 is 0 Å². The van der Waals surface area contributed by atoms with Crippen LogP contribution in [0.4, 0.5) is 5.69 Å². The van der Waals surface area contributed by atoms with E-state index in [1.807, 2.05) is 52.8 Å². The highest BCUT2D eigenvalue weighted by Gasteiger charge is 2.77. The van der Waals surface area contributed by atoms with Crippen LogP contribution >= 0.6 is 15.9 Å². The molecule has 1 aromatic carbocycles. The van der Waals surface area contributed by atoms with E-state index in [4.69, 9.17) is 4.74 Å². The Hall–Kier alpha value is -1.97. The average Bonchev–Trinajstić information content (AvgIpc) is 3.41. The van der Waals surface area contributed by atoms with Crippen LogP contribution in [0.2, 0.25) is 0 Å². The maximum absolute atomic E-state index is 14.1. The number of fused-ring (bicyclic) bond motifs is 1. The minimum Gasteiger partial charge on any atom is -0.394 e. The van der Waals surface area contributed by atoms with Gasteiger partial charge in [-0.25, -0.2) is 0 Å². The summed E-state index contributed by atoms with van der Waals surface area (Å²) in [6.45, 7) is 10.1. The van der Waals surface area contributed by atoms with Crippen molar-refractivity contribution in [3.8, 4) is 0 Å². The van der Waals surface area contributed by atoms with E-state index in [9.17, 15) is 19.5 Å². The van der Waals surface area contributed by atoms with Gasteiger partial charge in [0.1, 0.15) is 11.6 Å². The number of carbonyl (C=O) groups is 3. The van der Waals surface area contributed by atoms with E-state index in [1.165, 1.54) is 4.90 Å². The number of anilines is 1. The molecule has 0 aliphatic carbocycles. The smallest absolute Gasteiger partial charge is 0.250 e. The first kappa shape index (κ1) is 27.1. The van der Waals surface area contributed by atoms with Crippen LogP contribution in [0.1, 0.15) is 51.2 Å². The molecule has 3 aliphatic rings. The molecule has 8 nitrogen and oxygen atoms in total. The van der Waals surface area contributed by atoms with Crippen molar-refractivity contribution in [1.29, 1.82) is 0 Å². The average molecular weight is 565 g/mol. The number of alkyl halides is 1. The quantitative estimate of drug-likeness (QED) is 0.400. The molecule has 3 saturated heterocycles. The maximum Gasteiger partial charge on any atom is 0.250 e. The Labute approximate surface area is 221 Å². The zero-order valence-corrected chi connectivity index (χ0v) is 23.3. The van der Waals surface area contributed by atoms with Gasteiger partial charge in [-0.1, -0.05) is 48.8 Å². The molecular weight excluding hydrogens is 526 g/mol. The fourth-order valence-electron chi connectivity index (χ4n) is 6.32. The van der Waals surface area contributed by atoms with Gasteiger partial charge in [0.15, 0.2) is 0 Å². The summed E-state index contributed by atoms with van der Waals surface area (Å²) in [7, 11) is 0. The summed E-state index contributed by atoms with van der Waals surface area (Å²) in [4.78, 5) is 42.8. The number of aliphatic hydroxyl groups excluding tert-OH is 1. The second-order valence-corrected chi connectivity index (χ2v) is 12.1.